The summed E-state index contributed by atoms with van der Waals surface area (Å²) in [6, 6.07) is 5.74. The Morgan fingerprint density at radius 2 is 1.58 bits per heavy atom. The third kappa shape index (κ3) is 6.90. The molecule has 0 amide bonds. The van der Waals surface area contributed by atoms with Crippen LogP contribution in [0.5, 0.6) is 5.75 Å². The van der Waals surface area contributed by atoms with E-state index in [0.717, 1.165) is 11.5 Å². The lowest BCUT2D eigenvalue weighted by Crippen LogP contribution is -2.21. The maximum Gasteiger partial charge on any atom is 0.573 e. The van der Waals surface area contributed by atoms with Gasteiger partial charge in [-0.1, -0.05) is 58.1 Å². The van der Waals surface area contributed by atoms with E-state index < -0.39 is 29.6 Å². The van der Waals surface area contributed by atoms with E-state index >= 15 is 0 Å². The van der Waals surface area contributed by atoms with E-state index in [-0.39, 0.29) is 11.1 Å². The minimum Gasteiger partial charge on any atom is -0.399 e. The molecule has 33 heavy (non-hydrogen) atoms. The molecule has 0 bridgehead atoms. The first-order valence-electron chi connectivity index (χ1n) is 11.6. The quantitative estimate of drug-likeness (QED) is 0.349. The third-order valence-corrected chi connectivity index (χ3v) is 6.78. The molecule has 1 atom stereocenters. The Kier molecular flexibility index (Phi) is 8.35. The van der Waals surface area contributed by atoms with Gasteiger partial charge in [0.15, 0.2) is 11.6 Å². The van der Waals surface area contributed by atoms with Gasteiger partial charge in [0.2, 0.25) is 5.75 Å². The van der Waals surface area contributed by atoms with Gasteiger partial charge in [0, 0.05) is 5.56 Å². The van der Waals surface area contributed by atoms with Crippen LogP contribution in [0.4, 0.5) is 26.3 Å². The largest absolute Gasteiger partial charge is 0.573 e. The van der Waals surface area contributed by atoms with E-state index in [1.807, 2.05) is 0 Å². The second-order valence-corrected chi connectivity index (χ2v) is 9.24. The third-order valence-electron chi connectivity index (χ3n) is 6.78. The number of halogens is 6. The summed E-state index contributed by atoms with van der Waals surface area (Å²) < 4.78 is 83.2. The number of benzene rings is 2. The molecule has 182 valence electrons. The number of rotatable bonds is 8. The molecule has 3 rings (SSSR count). The lowest BCUT2D eigenvalue weighted by Gasteiger charge is -2.32. The standard InChI is InChI=1S/C26H30F6O/c1-3-4-5-17-6-9-19(10-7-17)16(2)12-18-8-11-21(22(27)13-18)20-14-23(28)25(24(29)15-20)33-26(30,31)32/h8,11,13-17,19H,3-7,9-10,12H2,1-2H3. The van der Waals surface area contributed by atoms with Crippen molar-refractivity contribution in [1.29, 1.82) is 0 Å². The highest BCUT2D eigenvalue weighted by Crippen LogP contribution is 2.38. The second kappa shape index (κ2) is 10.8. The Balaban J connectivity index is 1.67. The minimum atomic E-state index is -5.23. The molecular weight excluding hydrogens is 442 g/mol. The zero-order chi connectivity index (χ0) is 24.2. The predicted octanol–water partition coefficient (Wildman–Crippen LogP) is 8.84. The Bertz CT molecular complexity index is 908. The van der Waals surface area contributed by atoms with Crippen molar-refractivity contribution >= 4 is 0 Å². The summed E-state index contributed by atoms with van der Waals surface area (Å²) in [6.07, 6.45) is 4.12. The molecule has 1 saturated carbocycles. The smallest absolute Gasteiger partial charge is 0.399 e. The molecule has 2 aromatic rings. The van der Waals surface area contributed by atoms with Crippen LogP contribution in [0.15, 0.2) is 30.3 Å². The van der Waals surface area contributed by atoms with Crippen LogP contribution in [0, 0.1) is 35.2 Å². The van der Waals surface area contributed by atoms with Crippen molar-refractivity contribution in [2.24, 2.45) is 17.8 Å². The van der Waals surface area contributed by atoms with Gasteiger partial charge in [-0.25, -0.2) is 13.2 Å². The summed E-state index contributed by atoms with van der Waals surface area (Å²) in [5, 5.41) is 0. The molecule has 1 fully saturated rings. The van der Waals surface area contributed by atoms with E-state index in [4.69, 9.17) is 0 Å². The van der Waals surface area contributed by atoms with Gasteiger partial charge in [-0.2, -0.15) is 0 Å². The average molecular weight is 473 g/mol. The van der Waals surface area contributed by atoms with Crippen LogP contribution < -0.4 is 4.74 Å². The Labute approximate surface area is 191 Å². The highest BCUT2D eigenvalue weighted by Gasteiger charge is 2.34. The summed E-state index contributed by atoms with van der Waals surface area (Å²) in [5.41, 5.74) is 0.510. The van der Waals surface area contributed by atoms with E-state index in [1.165, 1.54) is 57.1 Å². The normalized spacial score (nSPS) is 20.0. The summed E-state index contributed by atoms with van der Waals surface area (Å²) in [7, 11) is 0. The molecule has 1 aliphatic carbocycles. The van der Waals surface area contributed by atoms with Crippen LogP contribution in [0.25, 0.3) is 11.1 Å². The van der Waals surface area contributed by atoms with Gasteiger partial charge >= 0.3 is 6.36 Å². The number of ether oxygens (including phenoxy) is 1. The summed E-state index contributed by atoms with van der Waals surface area (Å²) in [4.78, 5) is 0. The fourth-order valence-electron chi connectivity index (χ4n) is 4.93. The highest BCUT2D eigenvalue weighted by molar-refractivity contribution is 5.65. The molecule has 0 aliphatic heterocycles. The van der Waals surface area contributed by atoms with Gasteiger partial charge in [0.1, 0.15) is 5.82 Å². The van der Waals surface area contributed by atoms with Crippen LogP contribution in [-0.2, 0) is 6.42 Å². The van der Waals surface area contributed by atoms with Crippen molar-refractivity contribution in [3.05, 3.63) is 53.3 Å². The molecule has 1 nitrogen and oxygen atoms in total. The van der Waals surface area contributed by atoms with Crippen molar-refractivity contribution in [3.8, 4) is 16.9 Å². The molecular formula is C26H30F6O. The molecule has 7 heteroatoms. The van der Waals surface area contributed by atoms with Gasteiger partial charge in [-0.05, 0) is 66.3 Å². The maximum absolute atomic E-state index is 14.8. The highest BCUT2D eigenvalue weighted by atomic mass is 19.4. The number of hydrogen-bond donors (Lipinski definition) is 0. The zero-order valence-electron chi connectivity index (χ0n) is 19.0. The number of hydrogen-bond acceptors (Lipinski definition) is 1. The maximum atomic E-state index is 14.8. The predicted molar refractivity (Wildman–Crippen MR) is 116 cm³/mol. The van der Waals surface area contributed by atoms with E-state index in [9.17, 15) is 26.3 Å². The molecule has 1 unspecified atom stereocenters. The van der Waals surface area contributed by atoms with Crippen LogP contribution >= 0.6 is 0 Å². The van der Waals surface area contributed by atoms with E-state index in [2.05, 4.69) is 18.6 Å². The second-order valence-electron chi connectivity index (χ2n) is 9.24. The van der Waals surface area contributed by atoms with Crippen molar-refractivity contribution in [2.75, 3.05) is 0 Å². The minimum absolute atomic E-state index is 0.0841. The SMILES string of the molecule is CCCCC1CCC(C(C)Cc2ccc(-c3cc(F)c(OC(F)(F)F)c(F)c3)c(F)c2)CC1. The zero-order valence-corrected chi connectivity index (χ0v) is 19.0. The van der Waals surface area contributed by atoms with Crippen LogP contribution in [-0.4, -0.2) is 6.36 Å². The van der Waals surface area contributed by atoms with Crippen LogP contribution in [0.2, 0.25) is 0 Å². The molecule has 0 spiro atoms. The van der Waals surface area contributed by atoms with Gasteiger partial charge in [-0.3, -0.25) is 0 Å². The van der Waals surface area contributed by atoms with Crippen molar-refractivity contribution in [1.82, 2.24) is 0 Å². The molecule has 0 aromatic heterocycles. The molecule has 0 saturated heterocycles. The summed E-state index contributed by atoms with van der Waals surface area (Å²) in [5.74, 6) is -3.53. The van der Waals surface area contributed by atoms with Crippen molar-refractivity contribution < 1.29 is 31.1 Å². The average Bonchev–Trinajstić information content (AvgIpc) is 2.74. The lowest BCUT2D eigenvalue weighted by atomic mass is 9.73. The first-order chi connectivity index (χ1) is 15.6. The van der Waals surface area contributed by atoms with Gasteiger partial charge in [0.25, 0.3) is 0 Å². The Morgan fingerprint density at radius 3 is 2.12 bits per heavy atom. The van der Waals surface area contributed by atoms with Gasteiger partial charge in [-0.15, -0.1) is 13.2 Å². The van der Waals surface area contributed by atoms with E-state index in [0.29, 0.717) is 30.4 Å². The lowest BCUT2D eigenvalue weighted by molar-refractivity contribution is -0.276. The van der Waals surface area contributed by atoms with E-state index in [1.54, 1.807) is 6.07 Å². The first kappa shape index (κ1) is 25.4. The topological polar surface area (TPSA) is 9.23 Å². The number of unbranched alkanes of at least 4 members (excludes halogenated alkanes) is 1. The molecule has 2 aromatic carbocycles. The van der Waals surface area contributed by atoms with Crippen LogP contribution in [0.3, 0.4) is 0 Å². The van der Waals surface area contributed by atoms with Gasteiger partial charge in [0.05, 0.1) is 0 Å². The molecule has 1 aliphatic rings. The first-order valence-corrected chi connectivity index (χ1v) is 11.6. The van der Waals surface area contributed by atoms with Gasteiger partial charge < -0.3 is 4.74 Å². The number of alkyl halides is 3. The molecule has 0 radical (unpaired) electrons. The fourth-order valence-corrected chi connectivity index (χ4v) is 4.93. The fraction of sp³-hybridized carbons (Fsp3) is 0.538. The molecule has 0 N–H and O–H groups in total. The Morgan fingerprint density at radius 1 is 0.939 bits per heavy atom. The van der Waals surface area contributed by atoms with Crippen LogP contribution in [0.1, 0.15) is 64.4 Å². The monoisotopic (exact) mass is 472 g/mol. The summed E-state index contributed by atoms with van der Waals surface area (Å²) in [6.45, 7) is 4.38. The Hall–Kier alpha value is -2.18. The van der Waals surface area contributed by atoms with Crippen molar-refractivity contribution in [3.63, 3.8) is 0 Å². The molecule has 0 heterocycles. The summed E-state index contributed by atoms with van der Waals surface area (Å²) >= 11 is 0. The van der Waals surface area contributed by atoms with Crippen molar-refractivity contribution in [2.45, 2.75) is 71.6 Å².